The molecule has 1 aromatic rings. The van der Waals surface area contributed by atoms with Gasteiger partial charge in [0.2, 0.25) is 0 Å². The molecule has 1 aliphatic heterocycles. The van der Waals surface area contributed by atoms with Crippen LogP contribution in [0.3, 0.4) is 0 Å². The Labute approximate surface area is 130 Å². The first-order valence-corrected chi connectivity index (χ1v) is 8.32. The summed E-state index contributed by atoms with van der Waals surface area (Å²) >= 11 is 3.52. The molecule has 1 saturated carbocycles. The molecule has 2 unspecified atom stereocenters. The third-order valence-electron chi connectivity index (χ3n) is 4.71. The summed E-state index contributed by atoms with van der Waals surface area (Å²) in [5.41, 5.74) is 7.86. The summed E-state index contributed by atoms with van der Waals surface area (Å²) in [5, 5.41) is 0. The summed E-state index contributed by atoms with van der Waals surface area (Å²) < 4.78 is 7.56. The SMILES string of the molecule is CC1CC(C)(C)CC2(C1)C[C@H](N)c1cc(Br)ccc1O2. The summed E-state index contributed by atoms with van der Waals surface area (Å²) in [6, 6.07) is 6.29. The van der Waals surface area contributed by atoms with Crippen molar-refractivity contribution in [2.45, 2.75) is 58.1 Å². The summed E-state index contributed by atoms with van der Waals surface area (Å²) in [4.78, 5) is 0. The van der Waals surface area contributed by atoms with Gasteiger partial charge in [-0.1, -0.05) is 36.7 Å². The summed E-state index contributed by atoms with van der Waals surface area (Å²) in [5.74, 6) is 1.68. The Morgan fingerprint density at radius 2 is 2.00 bits per heavy atom. The predicted octanol–water partition coefficient (Wildman–Crippen LogP) is 4.82. The first-order chi connectivity index (χ1) is 9.29. The van der Waals surface area contributed by atoms with Crippen LogP contribution in [-0.2, 0) is 0 Å². The Morgan fingerprint density at radius 3 is 2.70 bits per heavy atom. The van der Waals surface area contributed by atoms with Crippen LogP contribution < -0.4 is 10.5 Å². The molecule has 3 rings (SSSR count). The molecular weight excluding hydrogens is 314 g/mol. The Morgan fingerprint density at radius 1 is 1.25 bits per heavy atom. The van der Waals surface area contributed by atoms with Crippen molar-refractivity contribution in [1.82, 2.24) is 0 Å². The van der Waals surface area contributed by atoms with Gasteiger partial charge in [-0.25, -0.2) is 0 Å². The Kier molecular flexibility index (Phi) is 3.41. The molecule has 1 aliphatic carbocycles. The van der Waals surface area contributed by atoms with Gasteiger partial charge in [-0.3, -0.25) is 0 Å². The van der Waals surface area contributed by atoms with Crippen LogP contribution in [0.1, 0.15) is 58.1 Å². The number of fused-ring (bicyclic) bond motifs is 1. The van der Waals surface area contributed by atoms with E-state index in [9.17, 15) is 0 Å². The van der Waals surface area contributed by atoms with E-state index in [1.54, 1.807) is 0 Å². The highest BCUT2D eigenvalue weighted by Crippen LogP contribution is 2.52. The van der Waals surface area contributed by atoms with Gasteiger partial charge in [-0.2, -0.15) is 0 Å². The number of ether oxygens (including phenoxy) is 1. The zero-order valence-corrected chi connectivity index (χ0v) is 14.2. The van der Waals surface area contributed by atoms with Crippen LogP contribution in [0, 0.1) is 11.3 Å². The van der Waals surface area contributed by atoms with Crippen molar-refractivity contribution >= 4 is 15.9 Å². The van der Waals surface area contributed by atoms with Gasteiger partial charge in [0.05, 0.1) is 0 Å². The standard InChI is InChI=1S/C17H24BrNO/c1-11-7-16(2,3)10-17(8-11)9-14(19)13-6-12(18)4-5-15(13)20-17/h4-6,11,14H,7-10,19H2,1-3H3/t11?,14-,17?/m0/s1. The van der Waals surface area contributed by atoms with Crippen molar-refractivity contribution in [2.75, 3.05) is 0 Å². The fourth-order valence-corrected chi connectivity index (χ4v) is 4.97. The second-order valence-corrected chi connectivity index (χ2v) is 8.55. The molecule has 2 N–H and O–H groups in total. The molecule has 2 aliphatic rings. The van der Waals surface area contributed by atoms with Gasteiger partial charge in [0.25, 0.3) is 0 Å². The average molecular weight is 338 g/mol. The van der Waals surface area contributed by atoms with Crippen LogP contribution in [0.2, 0.25) is 0 Å². The molecule has 2 nitrogen and oxygen atoms in total. The smallest absolute Gasteiger partial charge is 0.124 e. The van der Waals surface area contributed by atoms with E-state index < -0.39 is 0 Å². The normalized spacial score (nSPS) is 35.5. The largest absolute Gasteiger partial charge is 0.487 e. The fourth-order valence-electron chi connectivity index (χ4n) is 4.59. The van der Waals surface area contributed by atoms with Crippen LogP contribution in [0.15, 0.2) is 22.7 Å². The van der Waals surface area contributed by atoms with E-state index in [0.717, 1.165) is 35.0 Å². The molecule has 0 bridgehead atoms. The van der Waals surface area contributed by atoms with E-state index in [2.05, 4.69) is 48.8 Å². The van der Waals surface area contributed by atoms with Crippen molar-refractivity contribution < 1.29 is 4.74 Å². The van der Waals surface area contributed by atoms with Crippen LogP contribution in [0.25, 0.3) is 0 Å². The zero-order valence-electron chi connectivity index (χ0n) is 12.6. The van der Waals surface area contributed by atoms with E-state index in [1.807, 2.05) is 6.07 Å². The lowest BCUT2D eigenvalue weighted by molar-refractivity contribution is -0.0571. The van der Waals surface area contributed by atoms with E-state index >= 15 is 0 Å². The second-order valence-electron chi connectivity index (χ2n) is 7.63. The quantitative estimate of drug-likeness (QED) is 0.736. The minimum atomic E-state index is -0.0680. The maximum atomic E-state index is 6.49. The summed E-state index contributed by atoms with van der Waals surface area (Å²) in [6.45, 7) is 7.06. The number of benzene rings is 1. The van der Waals surface area contributed by atoms with Crippen molar-refractivity contribution in [3.8, 4) is 5.75 Å². The highest BCUT2D eigenvalue weighted by atomic mass is 79.9. The molecule has 1 spiro atoms. The lowest BCUT2D eigenvalue weighted by atomic mass is 9.63. The molecule has 1 fully saturated rings. The number of hydrogen-bond acceptors (Lipinski definition) is 2. The third-order valence-corrected chi connectivity index (χ3v) is 5.21. The molecule has 3 heteroatoms. The summed E-state index contributed by atoms with van der Waals surface area (Å²) in [7, 11) is 0. The van der Waals surface area contributed by atoms with E-state index in [-0.39, 0.29) is 11.6 Å². The molecule has 0 saturated heterocycles. The van der Waals surface area contributed by atoms with Gasteiger partial charge in [-0.15, -0.1) is 0 Å². The van der Waals surface area contributed by atoms with E-state index in [1.165, 1.54) is 6.42 Å². The maximum absolute atomic E-state index is 6.49. The topological polar surface area (TPSA) is 35.2 Å². The Bertz CT molecular complexity index is 528. The number of hydrogen-bond donors (Lipinski definition) is 1. The highest BCUT2D eigenvalue weighted by Gasteiger charge is 2.48. The molecule has 3 atom stereocenters. The Hall–Kier alpha value is -0.540. The lowest BCUT2D eigenvalue weighted by Crippen LogP contribution is -2.50. The lowest BCUT2D eigenvalue weighted by Gasteiger charge is -2.50. The minimum absolute atomic E-state index is 0.0680. The molecule has 0 aromatic heterocycles. The monoisotopic (exact) mass is 337 g/mol. The number of halogens is 1. The molecule has 20 heavy (non-hydrogen) atoms. The average Bonchev–Trinajstić information content (AvgIpc) is 2.27. The summed E-state index contributed by atoms with van der Waals surface area (Å²) in [6.07, 6.45) is 4.44. The van der Waals surface area contributed by atoms with Gasteiger partial charge in [0.15, 0.2) is 0 Å². The predicted molar refractivity (Wildman–Crippen MR) is 85.8 cm³/mol. The number of nitrogens with two attached hydrogens (primary N) is 1. The third kappa shape index (κ3) is 2.62. The van der Waals surface area contributed by atoms with Gasteiger partial charge in [-0.05, 0) is 48.8 Å². The van der Waals surface area contributed by atoms with E-state index in [0.29, 0.717) is 11.3 Å². The highest BCUT2D eigenvalue weighted by molar-refractivity contribution is 9.10. The molecule has 110 valence electrons. The maximum Gasteiger partial charge on any atom is 0.124 e. The van der Waals surface area contributed by atoms with Crippen molar-refractivity contribution in [2.24, 2.45) is 17.1 Å². The van der Waals surface area contributed by atoms with Gasteiger partial charge < -0.3 is 10.5 Å². The molecule has 1 aromatic carbocycles. The molecule has 1 heterocycles. The molecule has 0 amide bonds. The number of rotatable bonds is 0. The Balaban J connectivity index is 1.96. The van der Waals surface area contributed by atoms with Crippen LogP contribution >= 0.6 is 15.9 Å². The zero-order chi connectivity index (χ0) is 14.5. The van der Waals surface area contributed by atoms with Crippen molar-refractivity contribution in [1.29, 1.82) is 0 Å². The van der Waals surface area contributed by atoms with Crippen molar-refractivity contribution in [3.63, 3.8) is 0 Å². The fraction of sp³-hybridized carbons (Fsp3) is 0.647. The van der Waals surface area contributed by atoms with Gasteiger partial charge in [0, 0.05) is 22.5 Å². The van der Waals surface area contributed by atoms with Crippen LogP contribution in [0.5, 0.6) is 5.75 Å². The van der Waals surface area contributed by atoms with Gasteiger partial charge >= 0.3 is 0 Å². The molecular formula is C17H24BrNO. The molecule has 0 radical (unpaired) electrons. The minimum Gasteiger partial charge on any atom is -0.487 e. The first kappa shape index (κ1) is 14.4. The van der Waals surface area contributed by atoms with Crippen LogP contribution in [0.4, 0.5) is 0 Å². The van der Waals surface area contributed by atoms with Crippen molar-refractivity contribution in [3.05, 3.63) is 28.2 Å². The van der Waals surface area contributed by atoms with Gasteiger partial charge in [0.1, 0.15) is 11.4 Å². The second kappa shape index (κ2) is 4.74. The first-order valence-electron chi connectivity index (χ1n) is 7.53. The van der Waals surface area contributed by atoms with Crippen LogP contribution in [-0.4, -0.2) is 5.60 Å². The van der Waals surface area contributed by atoms with E-state index in [4.69, 9.17) is 10.5 Å².